The second kappa shape index (κ2) is 62.5. The highest BCUT2D eigenvalue weighted by atomic mass is 16.7. The summed E-state index contributed by atoms with van der Waals surface area (Å²) in [5, 5.41) is 11.8. The molecule has 0 aliphatic rings. The summed E-state index contributed by atoms with van der Waals surface area (Å²) in [7, 11) is 5.92. The standard InChI is InChI=1S/C72H127NO8/c1-6-8-10-12-14-16-18-20-22-23-24-25-26-27-28-29-30-31-32-33-34-35-36-37-38-39-40-41-42-43-44-45-46-47-49-51-53-55-57-59-61-63-70(75)81-68(67-80-72(71(76)77)78-65-64-73(3,4)5)66-79-69(74)62-60-58-56-54-52-50-48-21-19-17-15-13-11-9-7-2/h8-11,14-17,20-22,24-25,48,68,72H,6-7,12-13,18-19,23,26-47,49-67H2,1-5H3/b10-8-,11-9-,16-14-,17-15-,22-20-,25-24-,48-21-. The molecule has 0 saturated carbocycles. The van der Waals surface area contributed by atoms with Crippen molar-refractivity contribution in [2.75, 3.05) is 47.5 Å². The summed E-state index contributed by atoms with van der Waals surface area (Å²) in [6.07, 6.45) is 81.2. The van der Waals surface area contributed by atoms with Gasteiger partial charge in [-0.2, -0.15) is 0 Å². The van der Waals surface area contributed by atoms with E-state index < -0.39 is 24.3 Å². The maximum Gasteiger partial charge on any atom is 0.306 e. The Labute approximate surface area is 500 Å². The van der Waals surface area contributed by atoms with Gasteiger partial charge < -0.3 is 33.3 Å². The molecule has 0 radical (unpaired) electrons. The van der Waals surface area contributed by atoms with Gasteiger partial charge in [-0.3, -0.25) is 9.59 Å². The minimum Gasteiger partial charge on any atom is -0.545 e. The Hall–Kier alpha value is -3.53. The summed E-state index contributed by atoms with van der Waals surface area (Å²) in [5.41, 5.74) is 0. The van der Waals surface area contributed by atoms with E-state index in [9.17, 15) is 19.5 Å². The molecule has 0 rings (SSSR count). The first-order valence-electron chi connectivity index (χ1n) is 33.7. The molecule has 0 aliphatic heterocycles. The highest BCUT2D eigenvalue weighted by Crippen LogP contribution is 2.18. The summed E-state index contributed by atoms with van der Waals surface area (Å²) in [5.74, 6) is -2.30. The fourth-order valence-corrected chi connectivity index (χ4v) is 9.55. The van der Waals surface area contributed by atoms with E-state index in [4.69, 9.17) is 18.9 Å². The second-order valence-corrected chi connectivity index (χ2v) is 23.7. The van der Waals surface area contributed by atoms with E-state index in [2.05, 4.69) is 98.9 Å². The van der Waals surface area contributed by atoms with Crippen molar-refractivity contribution in [1.29, 1.82) is 0 Å². The molecule has 2 unspecified atom stereocenters. The van der Waals surface area contributed by atoms with E-state index in [1.54, 1.807) is 0 Å². The number of quaternary nitrogens is 1. The largest absolute Gasteiger partial charge is 0.545 e. The number of rotatable bonds is 62. The predicted octanol–water partition coefficient (Wildman–Crippen LogP) is 19.4. The molecule has 0 aromatic carbocycles. The Morgan fingerprint density at radius 2 is 0.667 bits per heavy atom. The number of nitrogens with zero attached hydrogens (tertiary/aromatic N) is 1. The highest BCUT2D eigenvalue weighted by Gasteiger charge is 2.22. The average molecular weight is 1130 g/mol. The molecule has 0 amide bonds. The van der Waals surface area contributed by atoms with Gasteiger partial charge in [-0.15, -0.1) is 0 Å². The van der Waals surface area contributed by atoms with Crippen molar-refractivity contribution in [3.8, 4) is 0 Å². The average Bonchev–Trinajstić information content (AvgIpc) is 3.44. The molecule has 0 bridgehead atoms. The van der Waals surface area contributed by atoms with Crippen LogP contribution < -0.4 is 5.11 Å². The Kier molecular flexibility index (Phi) is 59.8. The molecule has 0 N–H and O–H groups in total. The number of carboxylic acids is 1. The van der Waals surface area contributed by atoms with Crippen LogP contribution >= 0.6 is 0 Å². The van der Waals surface area contributed by atoms with Crippen LogP contribution in [0.25, 0.3) is 0 Å². The van der Waals surface area contributed by atoms with Gasteiger partial charge in [-0.05, 0) is 83.5 Å². The smallest absolute Gasteiger partial charge is 0.306 e. The van der Waals surface area contributed by atoms with Crippen molar-refractivity contribution < 1.29 is 42.9 Å². The summed E-state index contributed by atoms with van der Waals surface area (Å²) >= 11 is 0. The van der Waals surface area contributed by atoms with Crippen LogP contribution in [0.1, 0.15) is 296 Å². The molecule has 0 spiro atoms. The lowest BCUT2D eigenvalue weighted by Gasteiger charge is -2.26. The number of hydrogen-bond donors (Lipinski definition) is 0. The Balaban J connectivity index is 3.93. The number of likely N-dealkylation sites (N-methyl/N-ethyl adjacent to an activating group) is 1. The number of carbonyl (C=O) groups excluding carboxylic acids is 3. The van der Waals surface area contributed by atoms with E-state index >= 15 is 0 Å². The van der Waals surface area contributed by atoms with E-state index in [1.165, 1.54) is 167 Å². The number of hydrogen-bond acceptors (Lipinski definition) is 8. The third-order valence-electron chi connectivity index (χ3n) is 14.6. The van der Waals surface area contributed by atoms with Crippen LogP contribution in [-0.4, -0.2) is 82.3 Å². The Morgan fingerprint density at radius 1 is 0.370 bits per heavy atom. The fraction of sp³-hybridized carbons (Fsp3) is 0.764. The zero-order valence-electron chi connectivity index (χ0n) is 53.4. The SMILES string of the molecule is CC/C=C\C/C=C\C/C=C\C/C=C\CCCCCCCCCCCCCCCCCCCCCCCCCCCCCCC(=O)OC(COC(=O)CCCCCCC/C=C\C/C=C\C/C=C\CC)COC(OCC[N+](C)(C)C)C(=O)[O-]. The Morgan fingerprint density at radius 3 is 0.988 bits per heavy atom. The number of unbranched alkanes of at least 4 members (excludes halogenated alkanes) is 33. The van der Waals surface area contributed by atoms with Crippen LogP contribution in [0, 0.1) is 0 Å². The van der Waals surface area contributed by atoms with Gasteiger partial charge in [-0.1, -0.05) is 285 Å². The topological polar surface area (TPSA) is 111 Å². The molecule has 9 heteroatoms. The van der Waals surface area contributed by atoms with Crippen molar-refractivity contribution >= 4 is 17.9 Å². The van der Waals surface area contributed by atoms with Crippen molar-refractivity contribution in [3.05, 3.63) is 85.1 Å². The van der Waals surface area contributed by atoms with Gasteiger partial charge in [0.25, 0.3) is 0 Å². The normalized spacial score (nSPS) is 13.2. The number of esters is 2. The molecule has 0 heterocycles. The molecular weight excluding hydrogens is 1010 g/mol. The molecule has 0 aromatic rings. The summed E-state index contributed by atoms with van der Waals surface area (Å²) in [6.45, 7) is 4.52. The zero-order chi connectivity index (χ0) is 59.1. The van der Waals surface area contributed by atoms with E-state index in [1.807, 2.05) is 21.1 Å². The number of ether oxygens (including phenoxy) is 4. The first-order valence-corrected chi connectivity index (χ1v) is 33.7. The maximum absolute atomic E-state index is 12.9. The van der Waals surface area contributed by atoms with Gasteiger partial charge in [0.05, 0.1) is 40.3 Å². The molecule has 0 saturated heterocycles. The molecular formula is C72H127NO8. The summed E-state index contributed by atoms with van der Waals surface area (Å²) in [6, 6.07) is 0. The minimum absolute atomic E-state index is 0.144. The molecule has 2 atom stereocenters. The Bertz CT molecular complexity index is 1600. The highest BCUT2D eigenvalue weighted by molar-refractivity contribution is 5.70. The molecule has 9 nitrogen and oxygen atoms in total. The van der Waals surface area contributed by atoms with Gasteiger partial charge in [0, 0.05) is 12.8 Å². The molecule has 0 fully saturated rings. The van der Waals surface area contributed by atoms with Crippen molar-refractivity contribution in [2.24, 2.45) is 0 Å². The van der Waals surface area contributed by atoms with Gasteiger partial charge in [-0.25, -0.2) is 0 Å². The fourth-order valence-electron chi connectivity index (χ4n) is 9.55. The van der Waals surface area contributed by atoms with Crippen LogP contribution in [0.3, 0.4) is 0 Å². The van der Waals surface area contributed by atoms with Crippen LogP contribution in [0.15, 0.2) is 85.1 Å². The zero-order valence-corrected chi connectivity index (χ0v) is 53.4. The van der Waals surface area contributed by atoms with Crippen molar-refractivity contribution in [2.45, 2.75) is 309 Å². The first-order chi connectivity index (χ1) is 39.6. The lowest BCUT2D eigenvalue weighted by molar-refractivity contribution is -0.870. The lowest BCUT2D eigenvalue weighted by atomic mass is 10.0. The van der Waals surface area contributed by atoms with Gasteiger partial charge in [0.1, 0.15) is 13.2 Å². The molecule has 0 aromatic heterocycles. The number of allylic oxidation sites excluding steroid dienone is 14. The third kappa shape index (κ3) is 63.9. The molecule has 0 aliphatic carbocycles. The maximum atomic E-state index is 12.9. The lowest BCUT2D eigenvalue weighted by Crippen LogP contribution is -2.44. The van der Waals surface area contributed by atoms with Crippen LogP contribution in [0.2, 0.25) is 0 Å². The minimum atomic E-state index is -1.63. The predicted molar refractivity (Wildman–Crippen MR) is 343 cm³/mol. The van der Waals surface area contributed by atoms with Crippen LogP contribution in [-0.2, 0) is 33.3 Å². The number of carbonyl (C=O) groups is 3. The summed E-state index contributed by atoms with van der Waals surface area (Å²) < 4.78 is 22.7. The first kappa shape index (κ1) is 77.5. The van der Waals surface area contributed by atoms with E-state index in [0.29, 0.717) is 17.4 Å². The summed E-state index contributed by atoms with van der Waals surface area (Å²) in [4.78, 5) is 37.3. The quantitative estimate of drug-likeness (QED) is 0.0195. The van der Waals surface area contributed by atoms with E-state index in [0.717, 1.165) is 96.3 Å². The van der Waals surface area contributed by atoms with Gasteiger partial charge in [0.15, 0.2) is 12.4 Å². The van der Waals surface area contributed by atoms with Crippen molar-refractivity contribution in [1.82, 2.24) is 0 Å². The third-order valence-corrected chi connectivity index (χ3v) is 14.6. The van der Waals surface area contributed by atoms with Crippen molar-refractivity contribution in [3.63, 3.8) is 0 Å². The molecule has 81 heavy (non-hydrogen) atoms. The van der Waals surface area contributed by atoms with Crippen LogP contribution in [0.5, 0.6) is 0 Å². The van der Waals surface area contributed by atoms with Crippen LogP contribution in [0.4, 0.5) is 0 Å². The van der Waals surface area contributed by atoms with Gasteiger partial charge >= 0.3 is 11.9 Å². The second-order valence-electron chi connectivity index (χ2n) is 23.7. The van der Waals surface area contributed by atoms with Gasteiger partial charge in [0.2, 0.25) is 0 Å². The number of carboxylic acid groups (broad SMARTS) is 1. The molecule has 468 valence electrons. The van der Waals surface area contributed by atoms with E-state index in [-0.39, 0.29) is 38.6 Å². The number of aliphatic carboxylic acids is 1. The monoisotopic (exact) mass is 1130 g/mol.